The van der Waals surface area contributed by atoms with Crippen LogP contribution in [0, 0.1) is 6.92 Å². The first-order valence-corrected chi connectivity index (χ1v) is 9.74. The molecule has 3 N–H and O–H groups in total. The molecular weight excluding hydrogens is 475 g/mol. The maximum Gasteiger partial charge on any atom is 0.491 e. The van der Waals surface area contributed by atoms with Gasteiger partial charge in [-0.3, -0.25) is 15.1 Å². The smallest absolute Gasteiger partial charge is 0.491 e. The molecule has 0 saturated heterocycles. The average molecular weight is 491 g/mol. The molecule has 2 aromatic heterocycles. The summed E-state index contributed by atoms with van der Waals surface area (Å²) in [7, 11) is 2.98. The quantitative estimate of drug-likeness (QED) is 0.281. The van der Waals surface area contributed by atoms with Gasteiger partial charge in [-0.1, -0.05) is 0 Å². The van der Waals surface area contributed by atoms with Gasteiger partial charge in [-0.25, -0.2) is 19.7 Å². The summed E-state index contributed by atoms with van der Waals surface area (Å²) >= 11 is 0. The standard InChI is InChI=1S/C21H16F3N5O6/c1-8-10-6-9(33-2)7-13(34-3)15(10)27-19(25-8)29-20-26-11-4-5-12(35-18(32)21(22,23)24)16(30)14(11)17(31)28-20/h4-7,30H,1-3H3,(H2,25,26,27,28,29,31). The highest BCUT2D eigenvalue weighted by Crippen LogP contribution is 2.34. The number of anilines is 2. The van der Waals surface area contributed by atoms with Crippen molar-refractivity contribution in [2.45, 2.75) is 13.1 Å². The van der Waals surface area contributed by atoms with Gasteiger partial charge < -0.3 is 19.3 Å². The first kappa shape index (κ1) is 23.5. The van der Waals surface area contributed by atoms with Gasteiger partial charge in [-0.15, -0.1) is 0 Å². The fourth-order valence-corrected chi connectivity index (χ4v) is 3.26. The average Bonchev–Trinajstić information content (AvgIpc) is 2.79. The van der Waals surface area contributed by atoms with Crippen molar-refractivity contribution in [1.82, 2.24) is 19.9 Å². The maximum atomic E-state index is 12.6. The molecule has 0 aliphatic rings. The van der Waals surface area contributed by atoms with E-state index in [0.717, 1.165) is 12.1 Å². The number of hydrogen-bond donors (Lipinski definition) is 3. The van der Waals surface area contributed by atoms with Crippen molar-refractivity contribution in [3.8, 4) is 23.0 Å². The summed E-state index contributed by atoms with van der Waals surface area (Å²) in [6.07, 6.45) is -5.29. The summed E-state index contributed by atoms with van der Waals surface area (Å²) in [6, 6.07) is 5.36. The van der Waals surface area contributed by atoms with Crippen LogP contribution in [0.2, 0.25) is 0 Å². The minimum atomic E-state index is -5.29. The number of carbonyl (C=O) groups excluding carboxylic acids is 1. The van der Waals surface area contributed by atoms with Crippen molar-refractivity contribution in [1.29, 1.82) is 0 Å². The number of aryl methyl sites for hydroxylation is 1. The highest BCUT2D eigenvalue weighted by atomic mass is 19.4. The molecule has 0 fully saturated rings. The molecule has 0 amide bonds. The minimum Gasteiger partial charge on any atom is -0.504 e. The van der Waals surface area contributed by atoms with Crippen molar-refractivity contribution in [3.63, 3.8) is 0 Å². The van der Waals surface area contributed by atoms with Gasteiger partial charge in [0.25, 0.3) is 5.56 Å². The molecule has 35 heavy (non-hydrogen) atoms. The molecule has 2 aromatic carbocycles. The van der Waals surface area contributed by atoms with Gasteiger partial charge in [-0.05, 0) is 25.1 Å². The number of methoxy groups -OCH3 is 2. The van der Waals surface area contributed by atoms with Gasteiger partial charge in [0.05, 0.1) is 25.4 Å². The molecule has 11 nitrogen and oxygen atoms in total. The van der Waals surface area contributed by atoms with Crippen LogP contribution in [0.15, 0.2) is 29.1 Å². The molecule has 14 heteroatoms. The number of benzene rings is 2. The number of nitrogens with one attached hydrogen (secondary N) is 2. The van der Waals surface area contributed by atoms with Crippen LogP contribution in [0.25, 0.3) is 21.8 Å². The summed E-state index contributed by atoms with van der Waals surface area (Å²) < 4.78 is 52.1. The molecule has 0 unspecified atom stereocenters. The Morgan fingerprint density at radius 3 is 2.49 bits per heavy atom. The summed E-state index contributed by atoms with van der Waals surface area (Å²) in [5.74, 6) is -3.47. The largest absolute Gasteiger partial charge is 0.504 e. The minimum absolute atomic E-state index is 0.0564. The number of nitrogens with zero attached hydrogens (tertiary/aromatic N) is 3. The van der Waals surface area contributed by atoms with E-state index >= 15 is 0 Å². The SMILES string of the molecule is COc1cc(OC)c2nc(Nc3nc4ccc(OC(=O)C(F)(F)F)c(O)c4c(=O)[nH]3)nc(C)c2c1. The Morgan fingerprint density at radius 2 is 1.83 bits per heavy atom. The van der Waals surface area contributed by atoms with Crippen molar-refractivity contribution in [2.24, 2.45) is 0 Å². The zero-order valence-corrected chi connectivity index (χ0v) is 18.3. The Morgan fingerprint density at radius 1 is 1.09 bits per heavy atom. The molecule has 2 heterocycles. The van der Waals surface area contributed by atoms with Crippen molar-refractivity contribution < 1.29 is 37.3 Å². The van der Waals surface area contributed by atoms with Gasteiger partial charge in [-0.2, -0.15) is 13.2 Å². The number of rotatable bonds is 5. The topological polar surface area (TPSA) is 149 Å². The van der Waals surface area contributed by atoms with Gasteiger partial charge in [0, 0.05) is 11.5 Å². The molecule has 4 aromatic rings. The number of ether oxygens (including phenoxy) is 3. The lowest BCUT2D eigenvalue weighted by atomic mass is 10.1. The number of phenolic OH excluding ortho intramolecular Hbond substituents is 1. The van der Waals surface area contributed by atoms with Crippen LogP contribution >= 0.6 is 0 Å². The second-order valence-electron chi connectivity index (χ2n) is 7.09. The third-order valence-electron chi connectivity index (χ3n) is 4.86. The van der Waals surface area contributed by atoms with E-state index in [9.17, 15) is 27.9 Å². The predicted molar refractivity (Wildman–Crippen MR) is 116 cm³/mol. The first-order valence-electron chi connectivity index (χ1n) is 9.74. The van der Waals surface area contributed by atoms with Crippen LogP contribution in [-0.2, 0) is 4.79 Å². The summed E-state index contributed by atoms with van der Waals surface area (Å²) in [4.78, 5) is 38.8. The van der Waals surface area contributed by atoms with E-state index in [4.69, 9.17) is 9.47 Å². The number of phenols is 1. The van der Waals surface area contributed by atoms with Gasteiger partial charge >= 0.3 is 12.1 Å². The third-order valence-corrected chi connectivity index (χ3v) is 4.86. The van der Waals surface area contributed by atoms with Crippen molar-refractivity contribution in [2.75, 3.05) is 19.5 Å². The number of esters is 1. The molecule has 0 atom stereocenters. The zero-order chi connectivity index (χ0) is 25.5. The summed E-state index contributed by atoms with van der Waals surface area (Å²) in [6.45, 7) is 1.73. The Balaban J connectivity index is 1.73. The van der Waals surface area contributed by atoms with E-state index in [1.165, 1.54) is 14.2 Å². The highest BCUT2D eigenvalue weighted by molar-refractivity contribution is 5.90. The Hall–Kier alpha value is -4.62. The lowest BCUT2D eigenvalue weighted by Gasteiger charge is -2.12. The number of aromatic hydroxyl groups is 1. The van der Waals surface area contributed by atoms with Crippen LogP contribution in [0.1, 0.15) is 5.69 Å². The molecule has 0 spiro atoms. The molecule has 0 bridgehead atoms. The second-order valence-corrected chi connectivity index (χ2v) is 7.09. The Labute approximate surface area is 193 Å². The van der Waals surface area contributed by atoms with Crippen molar-refractivity contribution in [3.05, 3.63) is 40.3 Å². The summed E-state index contributed by atoms with van der Waals surface area (Å²) in [5.41, 5.74) is 0.00641. The van der Waals surface area contributed by atoms with Crippen LogP contribution in [0.3, 0.4) is 0 Å². The lowest BCUT2D eigenvalue weighted by Crippen LogP contribution is -2.28. The summed E-state index contributed by atoms with van der Waals surface area (Å²) in [5, 5.41) is 13.1. The molecular formula is C21H16F3N5O6. The highest BCUT2D eigenvalue weighted by Gasteiger charge is 2.42. The molecule has 0 aliphatic carbocycles. The van der Waals surface area contributed by atoms with E-state index in [0.29, 0.717) is 28.1 Å². The zero-order valence-electron chi connectivity index (χ0n) is 18.3. The molecule has 4 rings (SSSR count). The lowest BCUT2D eigenvalue weighted by molar-refractivity contribution is -0.189. The normalized spacial score (nSPS) is 11.5. The van der Waals surface area contributed by atoms with Gasteiger partial charge in [0.15, 0.2) is 11.5 Å². The second kappa shape index (κ2) is 8.62. The van der Waals surface area contributed by atoms with E-state index < -0.39 is 34.6 Å². The van der Waals surface area contributed by atoms with E-state index in [1.54, 1.807) is 19.1 Å². The van der Waals surface area contributed by atoms with Gasteiger partial charge in [0.1, 0.15) is 22.4 Å². The number of aromatic nitrogens is 4. The Bertz CT molecular complexity index is 1540. The number of carbonyl (C=O) groups is 1. The van der Waals surface area contributed by atoms with Gasteiger partial charge in [0.2, 0.25) is 11.9 Å². The van der Waals surface area contributed by atoms with Crippen LogP contribution in [0.4, 0.5) is 25.1 Å². The number of fused-ring (bicyclic) bond motifs is 2. The fourth-order valence-electron chi connectivity index (χ4n) is 3.26. The predicted octanol–water partition coefficient (Wildman–Crippen LogP) is 3.11. The number of halogens is 3. The van der Waals surface area contributed by atoms with Crippen LogP contribution < -0.4 is 25.1 Å². The fraction of sp³-hybridized carbons (Fsp3) is 0.190. The number of hydrogen-bond acceptors (Lipinski definition) is 10. The number of alkyl halides is 3. The van der Waals surface area contributed by atoms with E-state index in [2.05, 4.69) is 30.0 Å². The van der Waals surface area contributed by atoms with Crippen LogP contribution in [-0.4, -0.2) is 51.4 Å². The first-order chi connectivity index (χ1) is 16.5. The number of aromatic amines is 1. The van der Waals surface area contributed by atoms with Crippen molar-refractivity contribution >= 4 is 39.7 Å². The Kier molecular flexibility index (Phi) is 5.80. The molecule has 0 radical (unpaired) electrons. The van der Waals surface area contributed by atoms with E-state index in [1.807, 2.05) is 0 Å². The van der Waals surface area contributed by atoms with Crippen LogP contribution in [0.5, 0.6) is 23.0 Å². The molecule has 182 valence electrons. The monoisotopic (exact) mass is 491 g/mol. The number of H-pyrrole nitrogens is 1. The third kappa shape index (κ3) is 4.45. The van der Waals surface area contributed by atoms with E-state index in [-0.39, 0.29) is 17.4 Å². The molecule has 0 aliphatic heterocycles. The maximum absolute atomic E-state index is 12.6. The molecule has 0 saturated carbocycles.